The fourth-order valence-electron chi connectivity index (χ4n) is 4.05. The maximum absolute atomic E-state index is 13.9. The topological polar surface area (TPSA) is 108 Å². The van der Waals surface area contributed by atoms with Gasteiger partial charge in [-0.2, -0.15) is 0 Å². The van der Waals surface area contributed by atoms with E-state index >= 15 is 0 Å². The third kappa shape index (κ3) is 4.21. The molecular weight excluding hydrogens is 453 g/mol. The lowest BCUT2D eigenvalue weighted by molar-refractivity contribution is 0.628. The highest BCUT2D eigenvalue weighted by Gasteiger charge is 2.22. The molecule has 0 spiro atoms. The number of anilines is 1. The van der Waals surface area contributed by atoms with Crippen LogP contribution in [0.15, 0.2) is 73.1 Å². The zero-order valence-electron chi connectivity index (χ0n) is 18.1. The van der Waals surface area contributed by atoms with Gasteiger partial charge in [-0.1, -0.05) is 48.0 Å². The van der Waals surface area contributed by atoms with E-state index in [0.29, 0.717) is 41.1 Å². The lowest BCUT2D eigenvalue weighted by Crippen LogP contribution is -2.27. The van der Waals surface area contributed by atoms with E-state index in [4.69, 9.17) is 28.1 Å². The molecule has 0 aliphatic rings. The summed E-state index contributed by atoms with van der Waals surface area (Å²) in [5, 5.41) is 8.44. The number of benzene rings is 2. The van der Waals surface area contributed by atoms with Gasteiger partial charge in [0.1, 0.15) is 11.6 Å². The van der Waals surface area contributed by atoms with Crippen LogP contribution in [-0.4, -0.2) is 30.6 Å². The average molecular weight is 474 g/mol. The summed E-state index contributed by atoms with van der Waals surface area (Å²) in [5.74, 6) is 0.314. The molecule has 9 heteroatoms. The Hall–Kier alpha value is -3.88. The normalized spacial score (nSPS) is 12.2. The van der Waals surface area contributed by atoms with Crippen LogP contribution in [0, 0.1) is 5.82 Å². The van der Waals surface area contributed by atoms with Crippen LogP contribution >= 0.6 is 11.6 Å². The second kappa shape index (κ2) is 9.17. The quantitative estimate of drug-likeness (QED) is 0.380. The van der Waals surface area contributed by atoms with E-state index in [1.54, 1.807) is 28.9 Å². The van der Waals surface area contributed by atoms with Crippen LogP contribution in [0.1, 0.15) is 11.4 Å². The largest absolute Gasteiger partial charge is 0.368 e. The van der Waals surface area contributed by atoms with Crippen molar-refractivity contribution in [3.05, 3.63) is 95.3 Å². The van der Waals surface area contributed by atoms with Gasteiger partial charge in [-0.25, -0.2) is 13.8 Å². The SMILES string of the molecule is Nc1nnc2c(-c3ccc(F)c(Cl)c3)c(-c3ccncc3)nc(C[C@@H](N)Cc3ccccc3)n12. The summed E-state index contributed by atoms with van der Waals surface area (Å²) in [4.78, 5) is 9.08. The molecule has 0 saturated heterocycles. The van der Waals surface area contributed by atoms with Crippen molar-refractivity contribution < 1.29 is 4.39 Å². The van der Waals surface area contributed by atoms with Crippen molar-refractivity contribution in [1.29, 1.82) is 0 Å². The maximum atomic E-state index is 13.9. The molecule has 0 saturated carbocycles. The van der Waals surface area contributed by atoms with E-state index in [0.717, 1.165) is 11.1 Å². The first-order valence-corrected chi connectivity index (χ1v) is 11.1. The van der Waals surface area contributed by atoms with Gasteiger partial charge in [0, 0.05) is 30.4 Å². The van der Waals surface area contributed by atoms with Gasteiger partial charge in [0.25, 0.3) is 0 Å². The average Bonchev–Trinajstić information content (AvgIpc) is 3.23. The van der Waals surface area contributed by atoms with E-state index in [-0.39, 0.29) is 17.0 Å². The fraction of sp³-hybridized carbons (Fsp3) is 0.120. The van der Waals surface area contributed by atoms with Gasteiger partial charge in [-0.3, -0.25) is 4.98 Å². The number of halogens is 2. The zero-order chi connectivity index (χ0) is 23.7. The number of rotatable bonds is 6. The summed E-state index contributed by atoms with van der Waals surface area (Å²) in [6.07, 6.45) is 4.48. The zero-order valence-corrected chi connectivity index (χ0v) is 18.8. The molecule has 2 aromatic carbocycles. The van der Waals surface area contributed by atoms with Gasteiger partial charge >= 0.3 is 0 Å². The monoisotopic (exact) mass is 473 g/mol. The summed E-state index contributed by atoms with van der Waals surface area (Å²) >= 11 is 6.11. The summed E-state index contributed by atoms with van der Waals surface area (Å²) in [7, 11) is 0. The third-order valence-corrected chi connectivity index (χ3v) is 5.88. The molecule has 0 amide bonds. The summed E-state index contributed by atoms with van der Waals surface area (Å²) in [6.45, 7) is 0. The van der Waals surface area contributed by atoms with Crippen LogP contribution in [0.5, 0.6) is 0 Å². The smallest absolute Gasteiger partial charge is 0.227 e. The van der Waals surface area contributed by atoms with Crippen LogP contribution in [0.3, 0.4) is 0 Å². The number of hydrogen-bond acceptors (Lipinski definition) is 6. The molecule has 0 unspecified atom stereocenters. The Labute approximate surface area is 200 Å². The molecule has 7 nitrogen and oxygen atoms in total. The molecule has 5 aromatic rings. The highest BCUT2D eigenvalue weighted by atomic mass is 35.5. The van der Waals surface area contributed by atoms with Gasteiger partial charge in [0.2, 0.25) is 5.95 Å². The number of fused-ring (bicyclic) bond motifs is 1. The maximum Gasteiger partial charge on any atom is 0.227 e. The van der Waals surface area contributed by atoms with E-state index in [2.05, 4.69) is 15.2 Å². The molecule has 0 fully saturated rings. The number of aromatic nitrogens is 5. The van der Waals surface area contributed by atoms with Gasteiger partial charge in [-0.05, 0) is 41.8 Å². The molecule has 3 heterocycles. The molecule has 34 heavy (non-hydrogen) atoms. The number of pyridine rings is 1. The highest BCUT2D eigenvalue weighted by molar-refractivity contribution is 6.31. The number of nitrogens with zero attached hydrogens (tertiary/aromatic N) is 5. The van der Waals surface area contributed by atoms with Gasteiger partial charge in [0.15, 0.2) is 5.65 Å². The van der Waals surface area contributed by atoms with Crippen molar-refractivity contribution in [2.24, 2.45) is 5.73 Å². The van der Waals surface area contributed by atoms with Crippen LogP contribution in [0.4, 0.5) is 10.3 Å². The molecule has 170 valence electrons. The van der Waals surface area contributed by atoms with Crippen molar-refractivity contribution >= 4 is 23.2 Å². The summed E-state index contributed by atoms with van der Waals surface area (Å²) in [5.41, 5.74) is 17.1. The van der Waals surface area contributed by atoms with Crippen molar-refractivity contribution in [1.82, 2.24) is 24.6 Å². The molecule has 0 aliphatic carbocycles. The Morgan fingerprint density at radius 1 is 0.941 bits per heavy atom. The van der Waals surface area contributed by atoms with E-state index in [9.17, 15) is 4.39 Å². The van der Waals surface area contributed by atoms with E-state index < -0.39 is 5.82 Å². The van der Waals surface area contributed by atoms with Gasteiger partial charge in [0.05, 0.1) is 16.3 Å². The number of nitrogens with two attached hydrogens (primary N) is 2. The minimum atomic E-state index is -0.510. The van der Waals surface area contributed by atoms with Crippen molar-refractivity contribution in [2.45, 2.75) is 18.9 Å². The fourth-order valence-corrected chi connectivity index (χ4v) is 4.23. The Bertz CT molecular complexity index is 1460. The minimum absolute atomic E-state index is 0.00206. The molecule has 4 N–H and O–H groups in total. The van der Waals surface area contributed by atoms with Crippen molar-refractivity contribution in [2.75, 3.05) is 5.73 Å². The van der Waals surface area contributed by atoms with Crippen LogP contribution in [-0.2, 0) is 12.8 Å². The molecular formula is C25H21ClFN7. The van der Waals surface area contributed by atoms with Crippen LogP contribution in [0.2, 0.25) is 5.02 Å². The molecule has 0 radical (unpaired) electrons. The van der Waals surface area contributed by atoms with Gasteiger partial charge < -0.3 is 11.5 Å². The van der Waals surface area contributed by atoms with Gasteiger partial charge in [-0.15, -0.1) is 10.2 Å². The first-order chi connectivity index (χ1) is 16.5. The Morgan fingerprint density at radius 2 is 1.71 bits per heavy atom. The standard InChI is InChI=1S/C25H21ClFN7/c26-19-13-17(6-7-20(19)27)22-23(16-8-10-30-11-9-16)31-21(34-24(22)32-33-25(34)29)14-18(28)12-15-4-2-1-3-5-15/h1-11,13,18H,12,14,28H2,(H2,29,33)/t18-/m0/s1. The summed E-state index contributed by atoms with van der Waals surface area (Å²) < 4.78 is 15.6. The Balaban J connectivity index is 1.68. The minimum Gasteiger partial charge on any atom is -0.368 e. The molecule has 5 rings (SSSR count). The predicted octanol–water partition coefficient (Wildman–Crippen LogP) is 4.34. The second-order valence-corrected chi connectivity index (χ2v) is 8.39. The molecule has 1 atom stereocenters. The van der Waals surface area contributed by atoms with E-state index in [1.165, 1.54) is 6.07 Å². The van der Waals surface area contributed by atoms with Crippen LogP contribution < -0.4 is 11.5 Å². The predicted molar refractivity (Wildman–Crippen MR) is 131 cm³/mol. The van der Waals surface area contributed by atoms with Crippen molar-refractivity contribution in [3.63, 3.8) is 0 Å². The van der Waals surface area contributed by atoms with Crippen molar-refractivity contribution in [3.8, 4) is 22.4 Å². The number of hydrogen-bond donors (Lipinski definition) is 2. The lowest BCUT2D eigenvalue weighted by atomic mass is 9.99. The second-order valence-electron chi connectivity index (χ2n) is 7.99. The molecule has 0 bridgehead atoms. The van der Waals surface area contributed by atoms with E-state index in [1.807, 2.05) is 42.5 Å². The Morgan fingerprint density at radius 3 is 2.44 bits per heavy atom. The lowest BCUT2D eigenvalue weighted by Gasteiger charge is -2.17. The molecule has 3 aromatic heterocycles. The third-order valence-electron chi connectivity index (χ3n) is 5.59. The van der Waals surface area contributed by atoms with Crippen LogP contribution in [0.25, 0.3) is 28.0 Å². The first kappa shape index (κ1) is 21.9. The number of nitrogen functional groups attached to an aromatic ring is 1. The summed E-state index contributed by atoms with van der Waals surface area (Å²) in [6, 6.07) is 18.0. The molecule has 0 aliphatic heterocycles. The Kier molecular flexibility index (Phi) is 5.91. The highest BCUT2D eigenvalue weighted by Crippen LogP contribution is 2.36. The first-order valence-electron chi connectivity index (χ1n) is 10.7.